The highest BCUT2D eigenvalue weighted by Gasteiger charge is 2.39. The summed E-state index contributed by atoms with van der Waals surface area (Å²) < 4.78 is 46.8. The van der Waals surface area contributed by atoms with E-state index in [2.05, 4.69) is 20.4 Å². The molecule has 10 heteroatoms. The number of nitrogen functional groups attached to an aromatic ring is 1. The zero-order valence-corrected chi connectivity index (χ0v) is 12.9. The molecule has 0 saturated heterocycles. The molecule has 0 unspecified atom stereocenters. The summed E-state index contributed by atoms with van der Waals surface area (Å²) in [6.07, 6.45) is -3.30. The van der Waals surface area contributed by atoms with Gasteiger partial charge in [-0.2, -0.15) is 23.3 Å². The lowest BCUT2D eigenvalue weighted by Crippen LogP contribution is -2.15. The van der Waals surface area contributed by atoms with Gasteiger partial charge in [-0.25, -0.2) is 4.98 Å². The molecule has 2 rings (SSSR count). The standard InChI is InChI=1S/C13H17F3N6O/c1-7-8(6-19-22(7)4-5-23-3)10-9(13(14,15)16)11(18-2)21-12(17)20-10/h6H,4-5H2,1-3H3,(H3,17,18,20,21). The van der Waals surface area contributed by atoms with Gasteiger partial charge in [-0.3, -0.25) is 4.68 Å². The van der Waals surface area contributed by atoms with Gasteiger partial charge < -0.3 is 15.8 Å². The maximum atomic E-state index is 13.4. The van der Waals surface area contributed by atoms with Crippen LogP contribution < -0.4 is 11.1 Å². The van der Waals surface area contributed by atoms with Crippen LogP contribution in [-0.2, 0) is 17.5 Å². The summed E-state index contributed by atoms with van der Waals surface area (Å²) in [4.78, 5) is 7.41. The van der Waals surface area contributed by atoms with Gasteiger partial charge in [0.1, 0.15) is 11.4 Å². The fourth-order valence-corrected chi connectivity index (χ4v) is 2.20. The number of nitrogens with one attached hydrogen (secondary N) is 1. The molecule has 0 aliphatic rings. The summed E-state index contributed by atoms with van der Waals surface area (Å²) in [5.74, 6) is -0.620. The number of nitrogens with zero attached hydrogens (tertiary/aromatic N) is 4. The van der Waals surface area contributed by atoms with Crippen molar-refractivity contribution in [3.05, 3.63) is 17.5 Å². The Labute approximate surface area is 130 Å². The predicted molar refractivity (Wildman–Crippen MR) is 78.8 cm³/mol. The van der Waals surface area contributed by atoms with E-state index >= 15 is 0 Å². The molecule has 23 heavy (non-hydrogen) atoms. The molecule has 0 atom stereocenters. The van der Waals surface area contributed by atoms with Gasteiger partial charge in [-0.1, -0.05) is 0 Å². The number of hydrogen-bond donors (Lipinski definition) is 2. The van der Waals surface area contributed by atoms with Crippen molar-refractivity contribution in [3.63, 3.8) is 0 Å². The molecular formula is C13H17F3N6O. The average molecular weight is 330 g/mol. The van der Waals surface area contributed by atoms with Crippen LogP contribution in [0.5, 0.6) is 0 Å². The van der Waals surface area contributed by atoms with Crippen LogP contribution in [-0.4, -0.2) is 40.5 Å². The number of rotatable bonds is 5. The minimum Gasteiger partial charge on any atom is -0.383 e. The predicted octanol–water partition coefficient (Wildman–Crippen LogP) is 1.94. The Kier molecular flexibility index (Phi) is 4.73. The van der Waals surface area contributed by atoms with Gasteiger partial charge >= 0.3 is 6.18 Å². The maximum Gasteiger partial charge on any atom is 0.422 e. The molecule has 2 aromatic heterocycles. The number of nitrogens with two attached hydrogens (primary N) is 1. The Hall–Kier alpha value is -2.36. The largest absolute Gasteiger partial charge is 0.422 e. The Bertz CT molecular complexity index is 698. The van der Waals surface area contributed by atoms with Crippen LogP contribution in [0, 0.1) is 6.92 Å². The van der Waals surface area contributed by atoms with E-state index < -0.39 is 11.7 Å². The highest BCUT2D eigenvalue weighted by Crippen LogP contribution is 2.41. The molecule has 7 nitrogen and oxygen atoms in total. The van der Waals surface area contributed by atoms with Gasteiger partial charge in [0, 0.05) is 25.4 Å². The van der Waals surface area contributed by atoms with Crippen molar-refractivity contribution in [1.29, 1.82) is 0 Å². The number of methoxy groups -OCH3 is 1. The maximum absolute atomic E-state index is 13.4. The second-order valence-corrected chi connectivity index (χ2v) is 4.76. The third-order valence-electron chi connectivity index (χ3n) is 3.31. The SMILES string of the molecule is CNc1nc(N)nc(-c2cnn(CCOC)c2C)c1C(F)(F)F. The minimum absolute atomic E-state index is 0.249. The van der Waals surface area contributed by atoms with Crippen molar-refractivity contribution in [2.24, 2.45) is 0 Å². The van der Waals surface area contributed by atoms with Gasteiger partial charge in [0.15, 0.2) is 0 Å². The normalized spacial score (nSPS) is 11.7. The van der Waals surface area contributed by atoms with E-state index in [1.54, 1.807) is 11.6 Å². The van der Waals surface area contributed by atoms with E-state index in [9.17, 15) is 13.2 Å². The second kappa shape index (κ2) is 6.41. The quantitative estimate of drug-likeness (QED) is 0.870. The topological polar surface area (TPSA) is 90.9 Å². The molecule has 0 aliphatic carbocycles. The van der Waals surface area contributed by atoms with Crippen LogP contribution >= 0.6 is 0 Å². The molecular weight excluding hydrogens is 313 g/mol. The molecule has 0 fully saturated rings. The number of hydrogen-bond acceptors (Lipinski definition) is 6. The van der Waals surface area contributed by atoms with Gasteiger partial charge in [-0.15, -0.1) is 0 Å². The van der Waals surface area contributed by atoms with Crippen LogP contribution in [0.4, 0.5) is 24.9 Å². The van der Waals surface area contributed by atoms with Crippen molar-refractivity contribution >= 4 is 11.8 Å². The Morgan fingerprint density at radius 1 is 1.35 bits per heavy atom. The van der Waals surface area contributed by atoms with E-state index in [0.29, 0.717) is 18.8 Å². The molecule has 0 radical (unpaired) electrons. The minimum atomic E-state index is -4.64. The van der Waals surface area contributed by atoms with Crippen LogP contribution in [0.15, 0.2) is 6.20 Å². The van der Waals surface area contributed by atoms with E-state index in [4.69, 9.17) is 10.5 Å². The molecule has 0 saturated carbocycles. The molecule has 0 bridgehead atoms. The van der Waals surface area contributed by atoms with Crippen molar-refractivity contribution in [1.82, 2.24) is 19.7 Å². The number of alkyl halides is 3. The number of aromatic nitrogens is 4. The van der Waals surface area contributed by atoms with Gasteiger partial charge in [-0.05, 0) is 6.92 Å². The third kappa shape index (κ3) is 3.36. The first-order chi connectivity index (χ1) is 10.8. The van der Waals surface area contributed by atoms with Crippen molar-refractivity contribution < 1.29 is 17.9 Å². The van der Waals surface area contributed by atoms with Crippen molar-refractivity contribution in [2.45, 2.75) is 19.6 Å². The van der Waals surface area contributed by atoms with E-state index in [1.165, 1.54) is 20.4 Å². The zero-order chi connectivity index (χ0) is 17.2. The second-order valence-electron chi connectivity index (χ2n) is 4.76. The summed E-state index contributed by atoms with van der Waals surface area (Å²) in [5.41, 5.74) is 5.06. The van der Waals surface area contributed by atoms with Crippen LogP contribution in [0.2, 0.25) is 0 Å². The number of ether oxygens (including phenoxy) is 1. The Morgan fingerprint density at radius 2 is 2.04 bits per heavy atom. The fraction of sp³-hybridized carbons (Fsp3) is 0.462. The molecule has 126 valence electrons. The molecule has 2 aromatic rings. The van der Waals surface area contributed by atoms with Gasteiger partial charge in [0.2, 0.25) is 5.95 Å². The summed E-state index contributed by atoms with van der Waals surface area (Å²) in [6.45, 7) is 2.47. The van der Waals surface area contributed by atoms with E-state index in [-0.39, 0.29) is 23.0 Å². The molecule has 3 N–H and O–H groups in total. The van der Waals surface area contributed by atoms with Crippen molar-refractivity contribution in [2.75, 3.05) is 31.8 Å². The van der Waals surface area contributed by atoms with Crippen LogP contribution in [0.1, 0.15) is 11.3 Å². The van der Waals surface area contributed by atoms with Crippen LogP contribution in [0.25, 0.3) is 11.3 Å². The number of halogens is 3. The van der Waals surface area contributed by atoms with Crippen LogP contribution in [0.3, 0.4) is 0 Å². The molecule has 0 spiro atoms. The first-order valence-corrected chi connectivity index (χ1v) is 6.73. The smallest absolute Gasteiger partial charge is 0.383 e. The lowest BCUT2D eigenvalue weighted by atomic mass is 10.1. The summed E-state index contributed by atoms with van der Waals surface area (Å²) >= 11 is 0. The lowest BCUT2D eigenvalue weighted by Gasteiger charge is -2.16. The lowest BCUT2D eigenvalue weighted by molar-refractivity contribution is -0.136. The Balaban J connectivity index is 2.63. The molecule has 0 aliphatic heterocycles. The first kappa shape index (κ1) is 17.0. The van der Waals surface area contributed by atoms with Gasteiger partial charge in [0.25, 0.3) is 0 Å². The molecule has 0 aromatic carbocycles. The summed E-state index contributed by atoms with van der Waals surface area (Å²) in [7, 11) is 2.88. The third-order valence-corrected chi connectivity index (χ3v) is 3.31. The first-order valence-electron chi connectivity index (χ1n) is 6.73. The zero-order valence-electron chi connectivity index (χ0n) is 12.9. The summed E-state index contributed by atoms with van der Waals surface area (Å²) in [5, 5.41) is 6.50. The monoisotopic (exact) mass is 330 g/mol. The highest BCUT2D eigenvalue weighted by atomic mass is 19.4. The fourth-order valence-electron chi connectivity index (χ4n) is 2.20. The van der Waals surface area contributed by atoms with Gasteiger partial charge in [0.05, 0.1) is 25.0 Å². The summed E-state index contributed by atoms with van der Waals surface area (Å²) in [6, 6.07) is 0. The average Bonchev–Trinajstić information content (AvgIpc) is 2.83. The molecule has 0 amide bonds. The van der Waals surface area contributed by atoms with Crippen molar-refractivity contribution in [3.8, 4) is 11.3 Å². The molecule has 2 heterocycles. The Morgan fingerprint density at radius 3 is 2.61 bits per heavy atom. The van der Waals surface area contributed by atoms with E-state index in [0.717, 1.165) is 0 Å². The van der Waals surface area contributed by atoms with E-state index in [1.807, 2.05) is 0 Å². The highest BCUT2D eigenvalue weighted by molar-refractivity contribution is 5.72. The number of anilines is 2.